The fourth-order valence-corrected chi connectivity index (χ4v) is 4.20. The molecule has 1 amide bonds. The molecule has 0 N–H and O–H groups in total. The van der Waals surface area contributed by atoms with E-state index in [2.05, 4.69) is 11.0 Å². The quantitative estimate of drug-likeness (QED) is 0.851. The molecule has 2 aliphatic rings. The third-order valence-electron chi connectivity index (χ3n) is 4.54. The lowest BCUT2D eigenvalue weighted by molar-refractivity contribution is -0.135. The van der Waals surface area contributed by atoms with Gasteiger partial charge in [-0.3, -0.25) is 9.69 Å². The van der Waals surface area contributed by atoms with Gasteiger partial charge in [0.2, 0.25) is 5.91 Å². The number of rotatable bonds is 3. The summed E-state index contributed by atoms with van der Waals surface area (Å²) in [7, 11) is 0. The summed E-state index contributed by atoms with van der Waals surface area (Å²) >= 11 is 1.89. The van der Waals surface area contributed by atoms with Crippen LogP contribution < -0.4 is 0 Å². The monoisotopic (exact) mass is 333 g/mol. The second-order valence-corrected chi connectivity index (χ2v) is 7.20. The van der Waals surface area contributed by atoms with Gasteiger partial charge in [0, 0.05) is 31.1 Å². The zero-order chi connectivity index (χ0) is 16.2. The van der Waals surface area contributed by atoms with Crippen molar-refractivity contribution >= 4 is 17.7 Å². The van der Waals surface area contributed by atoms with E-state index in [1.54, 1.807) is 6.07 Å². The molecule has 0 aliphatic carbocycles. The molecule has 0 saturated carbocycles. The molecule has 0 radical (unpaired) electrons. The number of nitrogens with zero attached hydrogens (tertiary/aromatic N) is 3. The second kappa shape index (κ2) is 7.33. The predicted molar refractivity (Wildman–Crippen MR) is 88.5 cm³/mol. The lowest BCUT2D eigenvalue weighted by Gasteiger charge is -2.32. The molecule has 3 rings (SSSR count). The molecule has 0 bridgehead atoms. The molecule has 6 heteroatoms. The van der Waals surface area contributed by atoms with Crippen LogP contribution in [0.25, 0.3) is 0 Å². The summed E-state index contributed by atoms with van der Waals surface area (Å²) in [4.78, 5) is 16.9. The van der Waals surface area contributed by atoms with Crippen LogP contribution in [-0.4, -0.2) is 52.9 Å². The van der Waals surface area contributed by atoms with E-state index in [-0.39, 0.29) is 11.9 Å². The Morgan fingerprint density at radius 2 is 2.13 bits per heavy atom. The summed E-state index contributed by atoms with van der Waals surface area (Å²) < 4.78 is 13.3. The Morgan fingerprint density at radius 3 is 2.87 bits per heavy atom. The average Bonchev–Trinajstić information content (AvgIpc) is 3.04. The molecule has 4 nitrogen and oxygen atoms in total. The smallest absolute Gasteiger partial charge is 0.239 e. The molecular weight excluding hydrogens is 313 g/mol. The largest absolute Gasteiger partial charge is 0.340 e. The van der Waals surface area contributed by atoms with Gasteiger partial charge in [0.05, 0.1) is 17.7 Å². The predicted octanol–water partition coefficient (Wildman–Crippen LogP) is 2.24. The molecule has 0 aromatic heterocycles. The van der Waals surface area contributed by atoms with Gasteiger partial charge in [0.1, 0.15) is 5.82 Å². The van der Waals surface area contributed by atoms with Crippen molar-refractivity contribution in [2.24, 2.45) is 0 Å². The first-order valence-corrected chi connectivity index (χ1v) is 9.13. The van der Waals surface area contributed by atoms with E-state index in [1.807, 2.05) is 16.7 Å². The summed E-state index contributed by atoms with van der Waals surface area (Å²) in [6.45, 7) is 3.03. The van der Waals surface area contributed by atoms with Crippen molar-refractivity contribution in [1.82, 2.24) is 9.80 Å². The van der Waals surface area contributed by atoms with Crippen LogP contribution >= 0.6 is 11.8 Å². The summed E-state index contributed by atoms with van der Waals surface area (Å²) in [6.07, 6.45) is 1.85. The summed E-state index contributed by atoms with van der Waals surface area (Å²) in [5.74, 6) is 1.83. The van der Waals surface area contributed by atoms with Gasteiger partial charge < -0.3 is 4.90 Å². The Labute approximate surface area is 140 Å². The number of carbonyl (C=O) groups excluding carboxylic acids is 1. The number of hydrogen-bond acceptors (Lipinski definition) is 4. The number of thioether (sulfide) groups is 1. The number of halogens is 1. The van der Waals surface area contributed by atoms with Crippen molar-refractivity contribution in [1.29, 1.82) is 5.26 Å². The minimum absolute atomic E-state index is 0.102. The first kappa shape index (κ1) is 16.3. The van der Waals surface area contributed by atoms with Gasteiger partial charge in [-0.2, -0.15) is 17.0 Å². The molecule has 23 heavy (non-hydrogen) atoms. The zero-order valence-electron chi connectivity index (χ0n) is 13.0. The normalized spacial score (nSPS) is 22.1. The van der Waals surface area contributed by atoms with Crippen molar-refractivity contribution in [3.63, 3.8) is 0 Å². The van der Waals surface area contributed by atoms with Crippen molar-refractivity contribution in [2.45, 2.75) is 25.4 Å². The molecule has 1 aromatic rings. The van der Waals surface area contributed by atoms with Gasteiger partial charge >= 0.3 is 0 Å². The number of likely N-dealkylation sites (tertiary alicyclic amines) is 1. The Morgan fingerprint density at radius 1 is 1.35 bits per heavy atom. The molecule has 0 unspecified atom stereocenters. The van der Waals surface area contributed by atoms with Crippen LogP contribution in [0.4, 0.5) is 4.39 Å². The SMILES string of the molecule is N#Cc1cc(F)ccc1CN1CCC[C@H]1C(=O)N1CCSCC1. The molecule has 1 atom stereocenters. The van der Waals surface area contributed by atoms with Gasteiger partial charge in [-0.15, -0.1) is 0 Å². The van der Waals surface area contributed by atoms with Crippen molar-refractivity contribution < 1.29 is 9.18 Å². The molecule has 2 fully saturated rings. The lowest BCUT2D eigenvalue weighted by Crippen LogP contribution is -2.48. The van der Waals surface area contributed by atoms with E-state index < -0.39 is 5.82 Å². The number of nitriles is 1. The summed E-state index contributed by atoms with van der Waals surface area (Å²) in [5, 5.41) is 9.18. The minimum atomic E-state index is -0.398. The molecular formula is C17H20FN3OS. The van der Waals surface area contributed by atoms with Crippen LogP contribution in [0, 0.1) is 17.1 Å². The third-order valence-corrected chi connectivity index (χ3v) is 5.48. The molecule has 2 aliphatic heterocycles. The molecule has 122 valence electrons. The Balaban J connectivity index is 1.72. The molecule has 2 saturated heterocycles. The van der Waals surface area contributed by atoms with E-state index in [4.69, 9.17) is 0 Å². The van der Waals surface area contributed by atoms with Gasteiger partial charge in [-0.05, 0) is 37.1 Å². The maximum absolute atomic E-state index is 13.3. The highest BCUT2D eigenvalue weighted by molar-refractivity contribution is 7.99. The van der Waals surface area contributed by atoms with Gasteiger partial charge in [-0.1, -0.05) is 6.07 Å². The van der Waals surface area contributed by atoms with Gasteiger partial charge in [0.15, 0.2) is 0 Å². The molecule has 1 aromatic carbocycles. The second-order valence-electron chi connectivity index (χ2n) is 5.98. The van der Waals surface area contributed by atoms with Crippen molar-refractivity contribution in [2.75, 3.05) is 31.1 Å². The minimum Gasteiger partial charge on any atom is -0.340 e. The van der Waals surface area contributed by atoms with Crippen LogP contribution in [0.2, 0.25) is 0 Å². The van der Waals surface area contributed by atoms with Crippen molar-refractivity contribution in [3.8, 4) is 6.07 Å². The number of amides is 1. The van der Waals surface area contributed by atoms with Gasteiger partial charge in [0.25, 0.3) is 0 Å². The standard InChI is InChI=1S/C17H20FN3OS/c18-15-4-3-13(14(10-15)11-19)12-21-5-1-2-16(21)17(22)20-6-8-23-9-7-20/h3-4,10,16H,1-2,5-9,12H2/t16-/m0/s1. The number of benzene rings is 1. The van der Waals surface area contributed by atoms with E-state index in [1.165, 1.54) is 12.1 Å². The molecule has 2 heterocycles. The lowest BCUT2D eigenvalue weighted by atomic mass is 10.1. The number of carbonyl (C=O) groups is 1. The maximum atomic E-state index is 13.3. The van der Waals surface area contributed by atoms with E-state index >= 15 is 0 Å². The zero-order valence-corrected chi connectivity index (χ0v) is 13.8. The van der Waals surface area contributed by atoms with E-state index in [0.717, 1.165) is 49.5 Å². The summed E-state index contributed by atoms with van der Waals surface area (Å²) in [5.41, 5.74) is 1.15. The highest BCUT2D eigenvalue weighted by atomic mass is 32.2. The Bertz CT molecular complexity index is 625. The van der Waals surface area contributed by atoms with Crippen molar-refractivity contribution in [3.05, 3.63) is 35.1 Å². The fourth-order valence-electron chi connectivity index (χ4n) is 3.30. The number of hydrogen-bond donors (Lipinski definition) is 0. The third kappa shape index (κ3) is 3.67. The highest BCUT2D eigenvalue weighted by Gasteiger charge is 2.34. The van der Waals surface area contributed by atoms with Gasteiger partial charge in [-0.25, -0.2) is 4.39 Å². The van der Waals surface area contributed by atoms with Crippen LogP contribution in [0.15, 0.2) is 18.2 Å². The Kier molecular flexibility index (Phi) is 5.19. The highest BCUT2D eigenvalue weighted by Crippen LogP contribution is 2.24. The average molecular weight is 333 g/mol. The maximum Gasteiger partial charge on any atom is 0.239 e. The topological polar surface area (TPSA) is 47.3 Å². The van der Waals surface area contributed by atoms with Crippen LogP contribution in [0.5, 0.6) is 0 Å². The fraction of sp³-hybridized carbons (Fsp3) is 0.529. The van der Waals surface area contributed by atoms with E-state index in [9.17, 15) is 14.4 Å². The van der Waals surface area contributed by atoms with Crippen LogP contribution in [0.3, 0.4) is 0 Å². The van der Waals surface area contributed by atoms with E-state index in [0.29, 0.717) is 12.1 Å². The first-order valence-electron chi connectivity index (χ1n) is 7.98. The Hall–Kier alpha value is -1.58. The molecule has 0 spiro atoms. The van der Waals surface area contributed by atoms with Crippen LogP contribution in [-0.2, 0) is 11.3 Å². The van der Waals surface area contributed by atoms with Crippen LogP contribution in [0.1, 0.15) is 24.0 Å². The summed E-state index contributed by atoms with van der Waals surface area (Å²) in [6, 6.07) is 6.26. The first-order chi connectivity index (χ1) is 11.2.